The smallest absolute Gasteiger partial charge is 0.155 e. The lowest BCUT2D eigenvalue weighted by molar-refractivity contribution is -0.127. The number of aliphatic hydroxyl groups excluding tert-OH is 1. The Morgan fingerprint density at radius 3 is 2.58 bits per heavy atom. The van der Waals surface area contributed by atoms with Crippen molar-refractivity contribution in [2.45, 2.75) is 38.6 Å². The molecule has 0 saturated carbocycles. The van der Waals surface area contributed by atoms with Crippen LogP contribution >= 0.6 is 0 Å². The molecule has 4 heteroatoms. The molecule has 1 aliphatic rings. The number of benzene rings is 1. The molecule has 1 heterocycles. The maximum Gasteiger partial charge on any atom is 0.155 e. The molecule has 0 bridgehead atoms. The molecule has 0 amide bonds. The standard InChI is InChI=1S/C15H22O4/c1-15(2)11(9-14(16)19-15)7-10-8-12(17-3)5-6-13(10)18-4/h5-6,8,11,14,16H,7,9H2,1-4H3. The predicted molar refractivity (Wildman–Crippen MR) is 72.5 cm³/mol. The number of ether oxygens (including phenoxy) is 3. The molecule has 19 heavy (non-hydrogen) atoms. The minimum atomic E-state index is -0.670. The molecule has 4 nitrogen and oxygen atoms in total. The Kier molecular flexibility index (Phi) is 4.02. The summed E-state index contributed by atoms with van der Waals surface area (Å²) in [4.78, 5) is 0. The van der Waals surface area contributed by atoms with Gasteiger partial charge >= 0.3 is 0 Å². The summed E-state index contributed by atoms with van der Waals surface area (Å²) >= 11 is 0. The van der Waals surface area contributed by atoms with E-state index in [1.807, 2.05) is 32.0 Å². The molecule has 2 rings (SSSR count). The van der Waals surface area contributed by atoms with Gasteiger partial charge in [-0.15, -0.1) is 0 Å². The van der Waals surface area contributed by atoms with Crippen LogP contribution in [0.1, 0.15) is 25.8 Å². The number of methoxy groups -OCH3 is 2. The summed E-state index contributed by atoms with van der Waals surface area (Å²) in [5, 5.41) is 9.66. The van der Waals surface area contributed by atoms with Crippen molar-refractivity contribution < 1.29 is 19.3 Å². The van der Waals surface area contributed by atoms with Gasteiger partial charge in [0.1, 0.15) is 11.5 Å². The molecule has 0 radical (unpaired) electrons. The van der Waals surface area contributed by atoms with Gasteiger partial charge in [0.05, 0.1) is 19.8 Å². The zero-order valence-corrected chi connectivity index (χ0v) is 12.0. The van der Waals surface area contributed by atoms with Crippen LogP contribution < -0.4 is 9.47 Å². The third-order valence-corrected chi connectivity index (χ3v) is 3.86. The highest BCUT2D eigenvalue weighted by atomic mass is 16.6. The van der Waals surface area contributed by atoms with Crippen molar-refractivity contribution in [1.82, 2.24) is 0 Å². The van der Waals surface area contributed by atoms with Crippen molar-refractivity contribution in [3.05, 3.63) is 23.8 Å². The monoisotopic (exact) mass is 266 g/mol. The summed E-state index contributed by atoms with van der Waals surface area (Å²) in [6.07, 6.45) is 0.772. The van der Waals surface area contributed by atoms with Crippen LogP contribution in [0.3, 0.4) is 0 Å². The number of hydrogen-bond acceptors (Lipinski definition) is 4. The van der Waals surface area contributed by atoms with E-state index in [0.717, 1.165) is 23.5 Å². The third-order valence-electron chi connectivity index (χ3n) is 3.86. The van der Waals surface area contributed by atoms with Crippen molar-refractivity contribution in [1.29, 1.82) is 0 Å². The van der Waals surface area contributed by atoms with Gasteiger partial charge in [0.15, 0.2) is 6.29 Å². The molecule has 0 aliphatic carbocycles. The Labute approximate surface area is 114 Å². The second kappa shape index (κ2) is 5.39. The molecular weight excluding hydrogens is 244 g/mol. The summed E-state index contributed by atoms with van der Waals surface area (Å²) < 4.78 is 16.2. The Bertz CT molecular complexity index is 442. The first kappa shape index (κ1) is 14.2. The lowest BCUT2D eigenvalue weighted by Crippen LogP contribution is -2.29. The minimum Gasteiger partial charge on any atom is -0.497 e. The predicted octanol–water partition coefficient (Wildman–Crippen LogP) is 2.38. The molecule has 1 saturated heterocycles. The maximum atomic E-state index is 9.66. The van der Waals surface area contributed by atoms with Gasteiger partial charge in [0.2, 0.25) is 0 Å². The van der Waals surface area contributed by atoms with Crippen molar-refractivity contribution in [3.8, 4) is 11.5 Å². The van der Waals surface area contributed by atoms with Crippen LogP contribution in [0, 0.1) is 5.92 Å². The van der Waals surface area contributed by atoms with Crippen LogP contribution in [0.5, 0.6) is 11.5 Å². The highest BCUT2D eigenvalue weighted by Gasteiger charge is 2.41. The molecule has 0 spiro atoms. The third kappa shape index (κ3) is 3.01. The summed E-state index contributed by atoms with van der Waals surface area (Å²) in [5.41, 5.74) is 0.755. The zero-order chi connectivity index (χ0) is 14.0. The first-order chi connectivity index (χ1) is 8.96. The molecule has 1 aromatic rings. The second-order valence-electron chi connectivity index (χ2n) is 5.49. The summed E-state index contributed by atoms with van der Waals surface area (Å²) in [7, 11) is 3.31. The topological polar surface area (TPSA) is 47.9 Å². The summed E-state index contributed by atoms with van der Waals surface area (Å²) in [6.45, 7) is 4.03. The molecule has 1 fully saturated rings. The van der Waals surface area contributed by atoms with Crippen molar-refractivity contribution in [2.75, 3.05) is 14.2 Å². The summed E-state index contributed by atoms with van der Waals surface area (Å²) in [6, 6.07) is 5.78. The quantitative estimate of drug-likeness (QED) is 0.909. The van der Waals surface area contributed by atoms with Crippen molar-refractivity contribution >= 4 is 0 Å². The van der Waals surface area contributed by atoms with E-state index < -0.39 is 6.29 Å². The lowest BCUT2D eigenvalue weighted by Gasteiger charge is -2.26. The van der Waals surface area contributed by atoms with Crippen LogP contribution in [0.2, 0.25) is 0 Å². The van der Waals surface area contributed by atoms with Gasteiger partial charge in [0, 0.05) is 6.42 Å². The average Bonchev–Trinajstić information content (AvgIpc) is 2.62. The van der Waals surface area contributed by atoms with Gasteiger partial charge in [-0.2, -0.15) is 0 Å². The fourth-order valence-electron chi connectivity index (χ4n) is 2.66. The summed E-state index contributed by atoms with van der Waals surface area (Å²) in [5.74, 6) is 1.91. The van der Waals surface area contributed by atoms with Crippen LogP contribution in [-0.2, 0) is 11.2 Å². The van der Waals surface area contributed by atoms with Crippen LogP contribution in [-0.4, -0.2) is 31.2 Å². The Balaban J connectivity index is 2.22. The molecular formula is C15H22O4. The highest BCUT2D eigenvalue weighted by Crippen LogP contribution is 2.39. The van der Waals surface area contributed by atoms with Crippen LogP contribution in [0.25, 0.3) is 0 Å². The molecule has 1 aromatic carbocycles. The fraction of sp³-hybridized carbons (Fsp3) is 0.600. The number of aliphatic hydroxyl groups is 1. The second-order valence-corrected chi connectivity index (χ2v) is 5.49. The fourth-order valence-corrected chi connectivity index (χ4v) is 2.66. The van der Waals surface area contributed by atoms with Crippen molar-refractivity contribution in [2.24, 2.45) is 5.92 Å². The first-order valence-electron chi connectivity index (χ1n) is 6.53. The highest BCUT2D eigenvalue weighted by molar-refractivity contribution is 5.40. The van der Waals surface area contributed by atoms with Gasteiger partial charge in [-0.05, 0) is 49.9 Å². The van der Waals surface area contributed by atoms with Crippen LogP contribution in [0.4, 0.5) is 0 Å². The van der Waals surface area contributed by atoms with E-state index >= 15 is 0 Å². The van der Waals surface area contributed by atoms with Gasteiger partial charge < -0.3 is 19.3 Å². The van der Waals surface area contributed by atoms with Gasteiger partial charge in [-0.3, -0.25) is 0 Å². The minimum absolute atomic E-state index is 0.253. The molecule has 106 valence electrons. The maximum absolute atomic E-state index is 9.66. The Morgan fingerprint density at radius 1 is 1.32 bits per heavy atom. The van der Waals surface area contributed by atoms with E-state index in [1.54, 1.807) is 14.2 Å². The van der Waals surface area contributed by atoms with Gasteiger partial charge in [-0.1, -0.05) is 0 Å². The normalized spacial score (nSPS) is 25.3. The number of hydrogen-bond donors (Lipinski definition) is 1. The lowest BCUT2D eigenvalue weighted by atomic mass is 9.85. The van der Waals surface area contributed by atoms with E-state index in [1.165, 1.54) is 0 Å². The zero-order valence-electron chi connectivity index (χ0n) is 12.0. The van der Waals surface area contributed by atoms with E-state index in [4.69, 9.17) is 14.2 Å². The SMILES string of the molecule is COc1ccc(OC)c(CC2CC(O)OC2(C)C)c1. The van der Waals surface area contributed by atoms with Crippen molar-refractivity contribution in [3.63, 3.8) is 0 Å². The molecule has 1 aliphatic heterocycles. The van der Waals surface area contributed by atoms with E-state index in [0.29, 0.717) is 6.42 Å². The van der Waals surface area contributed by atoms with E-state index in [2.05, 4.69) is 0 Å². The molecule has 1 N–H and O–H groups in total. The van der Waals surface area contributed by atoms with E-state index in [-0.39, 0.29) is 11.5 Å². The molecule has 2 atom stereocenters. The number of rotatable bonds is 4. The average molecular weight is 266 g/mol. The molecule has 2 unspecified atom stereocenters. The Hall–Kier alpha value is -1.26. The van der Waals surface area contributed by atoms with Crippen LogP contribution in [0.15, 0.2) is 18.2 Å². The van der Waals surface area contributed by atoms with Gasteiger partial charge in [-0.25, -0.2) is 0 Å². The Morgan fingerprint density at radius 2 is 2.05 bits per heavy atom. The molecule has 0 aromatic heterocycles. The largest absolute Gasteiger partial charge is 0.497 e. The van der Waals surface area contributed by atoms with Gasteiger partial charge in [0.25, 0.3) is 0 Å². The van der Waals surface area contributed by atoms with E-state index in [9.17, 15) is 5.11 Å². The first-order valence-corrected chi connectivity index (χ1v) is 6.53.